The number of fused-ring (bicyclic) bond motifs is 2. The number of piperidine rings is 1. The predicted octanol–water partition coefficient (Wildman–Crippen LogP) is 3.63. The molecular formula is C25H33N7O2S. The first-order valence-corrected chi connectivity index (χ1v) is 14.3. The first-order valence-electron chi connectivity index (χ1n) is 12.2. The largest absolute Gasteiger partial charge is 0.352 e. The Morgan fingerprint density at radius 3 is 2.57 bits per heavy atom. The third kappa shape index (κ3) is 4.56. The number of pyridine rings is 1. The van der Waals surface area contributed by atoms with Crippen molar-refractivity contribution >= 4 is 26.5 Å². The van der Waals surface area contributed by atoms with Gasteiger partial charge >= 0.3 is 0 Å². The third-order valence-electron chi connectivity index (χ3n) is 7.30. The highest BCUT2D eigenvalue weighted by molar-refractivity contribution is 7.90. The van der Waals surface area contributed by atoms with Gasteiger partial charge in [-0.2, -0.15) is 5.10 Å². The molecule has 5 rings (SSSR count). The number of aromatic amines is 1. The van der Waals surface area contributed by atoms with Gasteiger partial charge in [0.2, 0.25) is 0 Å². The molecule has 0 saturated carbocycles. The van der Waals surface area contributed by atoms with Crippen LogP contribution in [0.4, 0.5) is 0 Å². The smallest absolute Gasteiger partial charge is 0.158 e. The number of rotatable bonds is 6. The first-order chi connectivity index (χ1) is 16.6. The first kappa shape index (κ1) is 23.9. The Morgan fingerprint density at radius 1 is 1.14 bits per heavy atom. The fourth-order valence-corrected chi connectivity index (χ4v) is 5.74. The van der Waals surface area contributed by atoms with Gasteiger partial charge in [-0.25, -0.2) is 27.9 Å². The number of likely N-dealkylation sites (tertiary alicyclic amines) is 1. The normalized spacial score (nSPS) is 16.2. The van der Waals surface area contributed by atoms with Crippen LogP contribution in [-0.4, -0.2) is 74.5 Å². The fourth-order valence-electron chi connectivity index (χ4n) is 5.15. The molecule has 0 unspecified atom stereocenters. The molecule has 1 N–H and O–H groups in total. The second-order valence-corrected chi connectivity index (χ2v) is 12.4. The van der Waals surface area contributed by atoms with Gasteiger partial charge in [0.25, 0.3) is 0 Å². The summed E-state index contributed by atoms with van der Waals surface area (Å²) in [6, 6.07) is 0. The molecule has 10 heteroatoms. The predicted molar refractivity (Wildman–Crippen MR) is 138 cm³/mol. The van der Waals surface area contributed by atoms with Gasteiger partial charge in [-0.1, -0.05) is 13.8 Å². The molecule has 35 heavy (non-hydrogen) atoms. The zero-order valence-electron chi connectivity index (χ0n) is 21.0. The van der Waals surface area contributed by atoms with Crippen molar-refractivity contribution < 1.29 is 8.42 Å². The molecule has 0 amide bonds. The topological polar surface area (TPSA) is 109 Å². The molecule has 0 aliphatic carbocycles. The lowest BCUT2D eigenvalue weighted by Gasteiger charge is -2.30. The van der Waals surface area contributed by atoms with E-state index < -0.39 is 9.84 Å². The van der Waals surface area contributed by atoms with E-state index in [0.29, 0.717) is 6.54 Å². The van der Waals surface area contributed by atoms with E-state index in [1.54, 1.807) is 6.33 Å². The lowest BCUT2D eigenvalue weighted by Crippen LogP contribution is -2.36. The van der Waals surface area contributed by atoms with E-state index in [-0.39, 0.29) is 17.6 Å². The minimum atomic E-state index is -2.94. The molecule has 4 aromatic heterocycles. The number of hydrogen-bond acceptors (Lipinski definition) is 7. The van der Waals surface area contributed by atoms with E-state index in [2.05, 4.69) is 47.7 Å². The van der Waals surface area contributed by atoms with Crippen molar-refractivity contribution in [3.63, 3.8) is 0 Å². The van der Waals surface area contributed by atoms with Gasteiger partial charge in [0.1, 0.15) is 22.0 Å². The van der Waals surface area contributed by atoms with Gasteiger partial charge < -0.3 is 9.88 Å². The van der Waals surface area contributed by atoms with E-state index in [4.69, 9.17) is 9.97 Å². The van der Waals surface area contributed by atoms with Crippen LogP contribution in [-0.2, 0) is 9.84 Å². The van der Waals surface area contributed by atoms with Crippen molar-refractivity contribution in [2.45, 2.75) is 52.4 Å². The quantitative estimate of drug-likeness (QED) is 0.435. The van der Waals surface area contributed by atoms with Gasteiger partial charge in [0.05, 0.1) is 28.7 Å². The summed E-state index contributed by atoms with van der Waals surface area (Å²) >= 11 is 0. The summed E-state index contributed by atoms with van der Waals surface area (Å²) < 4.78 is 24.9. The summed E-state index contributed by atoms with van der Waals surface area (Å²) in [7, 11) is -2.94. The van der Waals surface area contributed by atoms with Crippen LogP contribution < -0.4 is 0 Å². The molecule has 1 saturated heterocycles. The van der Waals surface area contributed by atoms with Crippen LogP contribution in [0.5, 0.6) is 0 Å². The molecule has 0 atom stereocenters. The number of aryl methyl sites for hydroxylation is 1. The van der Waals surface area contributed by atoms with Gasteiger partial charge in [0, 0.05) is 36.0 Å². The van der Waals surface area contributed by atoms with Gasteiger partial charge in [-0.15, -0.1) is 0 Å². The fraction of sp³-hybridized carbons (Fsp3) is 0.520. The van der Waals surface area contributed by atoms with Gasteiger partial charge in [0.15, 0.2) is 5.65 Å². The maximum atomic E-state index is 11.5. The molecule has 186 valence electrons. The summed E-state index contributed by atoms with van der Waals surface area (Å²) in [4.78, 5) is 20.1. The number of nitrogens with one attached hydrogen (secondary N) is 1. The summed E-state index contributed by atoms with van der Waals surface area (Å²) in [6.07, 6.45) is 8.72. The molecule has 0 bridgehead atoms. The van der Waals surface area contributed by atoms with Crippen LogP contribution >= 0.6 is 0 Å². The molecular weight excluding hydrogens is 462 g/mol. The van der Waals surface area contributed by atoms with E-state index in [1.165, 1.54) is 17.4 Å². The Bertz CT molecular complexity index is 1500. The standard InChI is InChI=1S/C25H33N7O2S/c1-15(2)21-22(19-13-32-25(27-14-28-32)17(4)16(19)3)29-20-12-26-24(30-23(20)21)18-6-8-31(9-7-18)10-11-35(5,33)34/h12-15,18,29H,6-11H2,1-5H3. The summed E-state index contributed by atoms with van der Waals surface area (Å²) in [5, 5.41) is 4.37. The molecule has 0 spiro atoms. The van der Waals surface area contributed by atoms with E-state index >= 15 is 0 Å². The highest BCUT2D eigenvalue weighted by atomic mass is 32.2. The van der Waals surface area contributed by atoms with E-state index in [9.17, 15) is 8.42 Å². The van der Waals surface area contributed by atoms with Crippen LogP contribution in [0.1, 0.15) is 61.0 Å². The number of nitrogens with zero attached hydrogens (tertiary/aromatic N) is 6. The Hall–Kier alpha value is -2.85. The summed E-state index contributed by atoms with van der Waals surface area (Å²) in [5.41, 5.74) is 8.44. The minimum Gasteiger partial charge on any atom is -0.352 e. The second-order valence-electron chi connectivity index (χ2n) is 10.1. The van der Waals surface area contributed by atoms with Crippen LogP contribution in [0.2, 0.25) is 0 Å². The van der Waals surface area contributed by atoms with Crippen molar-refractivity contribution in [2.75, 3.05) is 31.6 Å². The number of sulfone groups is 1. The number of hydrogen-bond donors (Lipinski definition) is 1. The molecule has 0 aromatic carbocycles. The molecule has 1 fully saturated rings. The van der Waals surface area contributed by atoms with Gasteiger partial charge in [-0.05, 0) is 56.8 Å². The van der Waals surface area contributed by atoms with Crippen molar-refractivity contribution in [1.82, 2.24) is 34.4 Å². The zero-order chi connectivity index (χ0) is 24.9. The zero-order valence-corrected chi connectivity index (χ0v) is 21.9. The number of H-pyrrole nitrogens is 1. The van der Waals surface area contributed by atoms with Gasteiger partial charge in [-0.3, -0.25) is 0 Å². The molecule has 0 radical (unpaired) electrons. The molecule has 4 aromatic rings. The highest BCUT2D eigenvalue weighted by Crippen LogP contribution is 2.38. The lowest BCUT2D eigenvalue weighted by atomic mass is 9.94. The SMILES string of the molecule is Cc1c(-c2[nH]c3cnc(C4CCN(CCS(C)(=O)=O)CC4)nc3c2C(C)C)cn2ncnc2c1C. The van der Waals surface area contributed by atoms with E-state index in [0.717, 1.165) is 65.3 Å². The lowest BCUT2D eigenvalue weighted by molar-refractivity contribution is 0.220. The molecule has 9 nitrogen and oxygen atoms in total. The summed E-state index contributed by atoms with van der Waals surface area (Å²) in [5.74, 6) is 1.64. The van der Waals surface area contributed by atoms with Crippen LogP contribution in [0, 0.1) is 13.8 Å². The maximum Gasteiger partial charge on any atom is 0.158 e. The molecule has 1 aliphatic rings. The maximum absolute atomic E-state index is 11.5. The molecule has 1 aliphatic heterocycles. The summed E-state index contributed by atoms with van der Waals surface area (Å²) in [6.45, 7) is 10.9. The Morgan fingerprint density at radius 2 is 1.89 bits per heavy atom. The minimum absolute atomic E-state index is 0.212. The third-order valence-corrected chi connectivity index (χ3v) is 8.22. The van der Waals surface area contributed by atoms with Crippen LogP contribution in [0.3, 0.4) is 0 Å². The van der Waals surface area contributed by atoms with Crippen molar-refractivity contribution in [3.05, 3.63) is 41.2 Å². The van der Waals surface area contributed by atoms with Crippen molar-refractivity contribution in [3.8, 4) is 11.3 Å². The van der Waals surface area contributed by atoms with E-state index in [1.807, 2.05) is 16.9 Å². The van der Waals surface area contributed by atoms with Crippen molar-refractivity contribution in [1.29, 1.82) is 0 Å². The average molecular weight is 496 g/mol. The Kier molecular flexibility index (Phi) is 6.13. The van der Waals surface area contributed by atoms with Crippen LogP contribution in [0.15, 0.2) is 18.7 Å². The Balaban J connectivity index is 1.48. The average Bonchev–Trinajstić information content (AvgIpc) is 3.44. The highest BCUT2D eigenvalue weighted by Gasteiger charge is 2.26. The monoisotopic (exact) mass is 495 g/mol. The Labute approximate surface area is 205 Å². The van der Waals surface area contributed by atoms with Crippen LogP contribution in [0.25, 0.3) is 27.9 Å². The second kappa shape index (κ2) is 8.98. The number of aromatic nitrogens is 6. The molecule has 5 heterocycles. The van der Waals surface area contributed by atoms with Crippen molar-refractivity contribution in [2.24, 2.45) is 0 Å².